The van der Waals surface area contributed by atoms with E-state index >= 15 is 0 Å². The summed E-state index contributed by atoms with van der Waals surface area (Å²) >= 11 is 0. The smallest absolute Gasteiger partial charge is 0.325 e. The second kappa shape index (κ2) is 8.50. The summed E-state index contributed by atoms with van der Waals surface area (Å²) in [5.74, 6) is 0.826. The minimum atomic E-state index is -0.826. The van der Waals surface area contributed by atoms with E-state index in [-0.39, 0.29) is 29.4 Å². The van der Waals surface area contributed by atoms with Crippen molar-refractivity contribution in [1.82, 2.24) is 4.90 Å². The van der Waals surface area contributed by atoms with Crippen LogP contribution in [0.3, 0.4) is 0 Å². The van der Waals surface area contributed by atoms with Crippen molar-refractivity contribution >= 4 is 5.69 Å². The molecule has 0 bridgehead atoms. The standard InChI is InChI=1S/C18H22N2O6/c1-19(11-16(22)12-5-4-6-14(21)7-12)10-13-8-17(25-2)18(26-3)9-15(13)20(23)24/h4-9,16,22H,10-11H2,1-3H3,(H-,21,23,24)/p+1. The molecule has 0 radical (unpaired) electrons. The van der Waals surface area contributed by atoms with Gasteiger partial charge in [0.25, 0.3) is 4.92 Å². The largest absolute Gasteiger partial charge is 0.508 e. The predicted molar refractivity (Wildman–Crippen MR) is 94.0 cm³/mol. The van der Waals surface area contributed by atoms with E-state index in [9.17, 15) is 20.3 Å². The van der Waals surface area contributed by atoms with Crippen LogP contribution >= 0.6 is 0 Å². The van der Waals surface area contributed by atoms with Crippen LogP contribution in [0.15, 0.2) is 36.4 Å². The Morgan fingerprint density at radius 2 is 1.81 bits per heavy atom. The number of aromatic hydroxyl groups is 1. The van der Waals surface area contributed by atoms with Gasteiger partial charge in [0.05, 0.1) is 36.9 Å². The second-order valence-electron chi connectivity index (χ2n) is 5.92. The molecule has 0 aliphatic carbocycles. The molecule has 2 rings (SSSR count). The van der Waals surface area contributed by atoms with Gasteiger partial charge < -0.3 is 19.7 Å². The summed E-state index contributed by atoms with van der Waals surface area (Å²) in [6.07, 6.45) is -0.826. The fourth-order valence-electron chi connectivity index (χ4n) is 2.70. The Morgan fingerprint density at radius 3 is 2.38 bits per heavy atom. The third-order valence-corrected chi connectivity index (χ3v) is 3.97. The summed E-state index contributed by atoms with van der Waals surface area (Å²) in [7, 11) is 4.68. The molecule has 0 heterocycles. The third kappa shape index (κ3) is 4.62. The van der Waals surface area contributed by atoms with Crippen molar-refractivity contribution in [2.75, 3.05) is 27.8 Å². The lowest BCUT2D eigenvalue weighted by atomic mass is 10.1. The molecule has 1 atom stereocenters. The molecule has 0 aromatic heterocycles. The summed E-state index contributed by atoms with van der Waals surface area (Å²) in [5.41, 5.74) is 1.11. The fraction of sp³-hybridized carbons (Fsp3) is 0.333. The highest BCUT2D eigenvalue weighted by molar-refractivity contribution is 5.54. The third-order valence-electron chi connectivity index (χ3n) is 3.97. The number of phenols is 1. The van der Waals surface area contributed by atoms with E-state index < -0.39 is 6.10 Å². The van der Waals surface area contributed by atoms with Crippen LogP contribution in [-0.2, 0) is 6.54 Å². The Morgan fingerprint density at radius 1 is 1.15 bits per heavy atom. The van der Waals surface area contributed by atoms with E-state index in [2.05, 4.69) is 0 Å². The molecular weight excluding hydrogens is 340 g/mol. The molecule has 8 heteroatoms. The van der Waals surface area contributed by atoms with Crippen molar-refractivity contribution in [3.8, 4) is 17.2 Å². The Hall–Kier alpha value is -2.84. The summed E-state index contributed by atoms with van der Waals surface area (Å²) in [6, 6.07) is 9.38. The van der Waals surface area contributed by atoms with Crippen molar-refractivity contribution < 1.29 is 29.8 Å². The molecule has 26 heavy (non-hydrogen) atoms. The first-order valence-electron chi connectivity index (χ1n) is 7.92. The van der Waals surface area contributed by atoms with E-state index in [1.807, 2.05) is 0 Å². The molecule has 1 unspecified atom stereocenters. The van der Waals surface area contributed by atoms with Crippen molar-refractivity contribution in [3.05, 3.63) is 52.4 Å². The Kier molecular flexibility index (Phi) is 6.37. The van der Waals surface area contributed by atoms with Gasteiger partial charge in [-0.2, -0.15) is 0 Å². The van der Waals surface area contributed by atoms with Gasteiger partial charge in [-0.25, -0.2) is 5.21 Å². The number of nitrogens with zero attached hydrogens (tertiary/aromatic N) is 2. The maximum Gasteiger partial charge on any atom is 0.325 e. The van der Waals surface area contributed by atoms with Gasteiger partial charge in [0.15, 0.2) is 11.5 Å². The number of rotatable bonds is 8. The maximum absolute atomic E-state index is 11.5. The van der Waals surface area contributed by atoms with Gasteiger partial charge in [0, 0.05) is 13.1 Å². The first-order valence-corrected chi connectivity index (χ1v) is 7.92. The Labute approximate surface area is 151 Å². The van der Waals surface area contributed by atoms with Crippen LogP contribution in [0.4, 0.5) is 5.69 Å². The quantitative estimate of drug-likeness (QED) is 0.619. The van der Waals surface area contributed by atoms with Gasteiger partial charge in [-0.05, 0) is 30.8 Å². The minimum Gasteiger partial charge on any atom is -0.508 e. The molecule has 2 aromatic carbocycles. The Balaban J connectivity index is 2.19. The molecule has 0 saturated heterocycles. The van der Waals surface area contributed by atoms with Crippen LogP contribution in [0.25, 0.3) is 0 Å². The van der Waals surface area contributed by atoms with Crippen LogP contribution in [-0.4, -0.2) is 53.1 Å². The zero-order valence-corrected chi connectivity index (χ0v) is 14.9. The van der Waals surface area contributed by atoms with Gasteiger partial charge in [-0.3, -0.25) is 4.90 Å². The first-order chi connectivity index (χ1) is 12.3. The van der Waals surface area contributed by atoms with Crippen LogP contribution in [0.1, 0.15) is 17.2 Å². The second-order valence-corrected chi connectivity index (χ2v) is 5.92. The summed E-state index contributed by atoms with van der Waals surface area (Å²) in [4.78, 5) is 13.0. The highest BCUT2D eigenvalue weighted by atomic mass is 16.6. The number of hydrogen-bond donors (Lipinski definition) is 3. The van der Waals surface area contributed by atoms with Crippen LogP contribution in [0.5, 0.6) is 17.2 Å². The fourth-order valence-corrected chi connectivity index (χ4v) is 2.70. The molecule has 0 fully saturated rings. The number of hydrogen-bond acceptors (Lipinski definition) is 6. The van der Waals surface area contributed by atoms with E-state index in [0.29, 0.717) is 22.6 Å². The first kappa shape index (κ1) is 19.5. The summed E-state index contributed by atoms with van der Waals surface area (Å²) in [5, 5.41) is 29.2. The number of phenolic OH excluding ortho intramolecular Hbond substituents is 1. The zero-order valence-electron chi connectivity index (χ0n) is 14.9. The van der Waals surface area contributed by atoms with Crippen LogP contribution in [0.2, 0.25) is 0 Å². The Bertz CT molecular complexity index is 780. The normalized spacial score (nSPS) is 12.0. The van der Waals surface area contributed by atoms with Crippen molar-refractivity contribution in [1.29, 1.82) is 0 Å². The molecule has 0 amide bonds. The molecule has 8 nitrogen and oxygen atoms in total. The van der Waals surface area contributed by atoms with Gasteiger partial charge in [-0.15, -0.1) is 0 Å². The van der Waals surface area contributed by atoms with E-state index in [1.165, 1.54) is 32.4 Å². The molecule has 0 saturated carbocycles. The summed E-state index contributed by atoms with van der Waals surface area (Å²) < 4.78 is 10.4. The minimum absolute atomic E-state index is 0.0290. The predicted octanol–water partition coefficient (Wildman–Crippen LogP) is 2.37. The average Bonchev–Trinajstić information content (AvgIpc) is 2.60. The average molecular weight is 363 g/mol. The number of benzene rings is 2. The van der Waals surface area contributed by atoms with Gasteiger partial charge in [0.2, 0.25) is 0 Å². The molecular formula is C18H23N2O6+. The zero-order chi connectivity index (χ0) is 19.3. The number of ether oxygens (including phenoxy) is 2. The molecule has 0 spiro atoms. The number of likely N-dealkylation sites (N-methyl/N-ethyl adjacent to an activating group) is 1. The molecule has 0 aliphatic rings. The lowest BCUT2D eigenvalue weighted by molar-refractivity contribution is -0.730. The van der Waals surface area contributed by atoms with Crippen LogP contribution < -0.4 is 9.47 Å². The molecule has 3 N–H and O–H groups in total. The lowest BCUT2D eigenvalue weighted by Crippen LogP contribution is -2.24. The summed E-state index contributed by atoms with van der Waals surface area (Å²) in [6.45, 7) is 0.520. The lowest BCUT2D eigenvalue weighted by Gasteiger charge is -2.21. The van der Waals surface area contributed by atoms with E-state index in [4.69, 9.17) is 9.47 Å². The van der Waals surface area contributed by atoms with Crippen molar-refractivity contribution in [2.45, 2.75) is 12.6 Å². The van der Waals surface area contributed by atoms with Gasteiger partial charge in [-0.1, -0.05) is 12.1 Å². The molecule has 140 valence electrons. The van der Waals surface area contributed by atoms with E-state index in [1.54, 1.807) is 30.1 Å². The highest BCUT2D eigenvalue weighted by Crippen LogP contribution is 2.35. The van der Waals surface area contributed by atoms with Gasteiger partial charge >= 0.3 is 5.69 Å². The number of aliphatic hydroxyl groups excluding tert-OH is 1. The molecule has 2 aromatic rings. The van der Waals surface area contributed by atoms with E-state index in [0.717, 1.165) is 0 Å². The highest BCUT2D eigenvalue weighted by Gasteiger charge is 2.24. The SMILES string of the molecule is COc1cc(CN(C)CC(O)c2cccc(O)c2)c([N+](=O)O)cc1OC. The van der Waals surface area contributed by atoms with Gasteiger partial charge in [0.1, 0.15) is 5.75 Å². The monoisotopic (exact) mass is 363 g/mol. The van der Waals surface area contributed by atoms with Crippen LogP contribution in [0, 0.1) is 4.91 Å². The van der Waals surface area contributed by atoms with Crippen molar-refractivity contribution in [3.63, 3.8) is 0 Å². The topological polar surface area (TPSA) is 102 Å². The maximum atomic E-state index is 11.5. The number of methoxy groups -OCH3 is 2. The molecule has 0 aliphatic heterocycles. The number of aliphatic hydroxyl groups is 1. The van der Waals surface area contributed by atoms with Crippen molar-refractivity contribution in [2.24, 2.45) is 0 Å².